The highest BCUT2D eigenvalue weighted by atomic mass is 35.5. The number of nitrogens with zero attached hydrogens (tertiary/aromatic N) is 3. The number of hydrogen-bond acceptors (Lipinski definition) is 3. The summed E-state index contributed by atoms with van der Waals surface area (Å²) in [5, 5.41) is 3.74. The number of urea groups is 1. The average Bonchev–Trinajstić information content (AvgIpc) is 2.64. The first kappa shape index (κ1) is 18.5. The van der Waals surface area contributed by atoms with Gasteiger partial charge in [0.15, 0.2) is 0 Å². The maximum atomic E-state index is 12.5. The van der Waals surface area contributed by atoms with Gasteiger partial charge in [-0.1, -0.05) is 23.7 Å². The molecule has 1 aliphatic rings. The number of hydrogen-bond donors (Lipinski definition) is 1. The van der Waals surface area contributed by atoms with Gasteiger partial charge in [-0.2, -0.15) is 0 Å². The fourth-order valence-electron chi connectivity index (χ4n) is 3.00. The van der Waals surface area contributed by atoms with Crippen LogP contribution in [-0.2, 0) is 6.54 Å². The summed E-state index contributed by atoms with van der Waals surface area (Å²) < 4.78 is 0. The standard InChI is InChI=1S/C20H25ClN4O/c1-23(2)19-9-7-18(8-10-19)22-20(26)25-13-11-24(12-14-25)15-16-3-5-17(21)6-4-16/h3-10H,11-15H2,1-2H3,(H,22,26). The lowest BCUT2D eigenvalue weighted by molar-refractivity contribution is 0.143. The molecular weight excluding hydrogens is 348 g/mol. The number of nitrogens with one attached hydrogen (secondary N) is 1. The molecule has 0 unspecified atom stereocenters. The Hall–Kier alpha value is -2.24. The van der Waals surface area contributed by atoms with Gasteiger partial charge in [-0.3, -0.25) is 4.90 Å². The molecule has 1 N–H and O–H groups in total. The van der Waals surface area contributed by atoms with Gasteiger partial charge >= 0.3 is 6.03 Å². The average molecular weight is 373 g/mol. The van der Waals surface area contributed by atoms with Gasteiger partial charge in [-0.15, -0.1) is 0 Å². The van der Waals surface area contributed by atoms with Crippen LogP contribution in [0.5, 0.6) is 0 Å². The fraction of sp³-hybridized carbons (Fsp3) is 0.350. The highest BCUT2D eigenvalue weighted by molar-refractivity contribution is 6.30. The molecule has 0 spiro atoms. The maximum Gasteiger partial charge on any atom is 0.321 e. The van der Waals surface area contributed by atoms with Crippen molar-refractivity contribution in [3.63, 3.8) is 0 Å². The Bertz CT molecular complexity index is 722. The minimum Gasteiger partial charge on any atom is -0.378 e. The van der Waals surface area contributed by atoms with Crippen molar-refractivity contribution in [3.8, 4) is 0 Å². The minimum atomic E-state index is -0.0336. The van der Waals surface area contributed by atoms with Crippen molar-refractivity contribution >= 4 is 29.0 Å². The number of amides is 2. The van der Waals surface area contributed by atoms with E-state index in [1.165, 1.54) is 5.56 Å². The molecule has 2 amide bonds. The minimum absolute atomic E-state index is 0.0336. The molecule has 5 nitrogen and oxygen atoms in total. The zero-order chi connectivity index (χ0) is 18.5. The van der Waals surface area contributed by atoms with Crippen LogP contribution >= 0.6 is 11.6 Å². The normalized spacial score (nSPS) is 15.0. The summed E-state index contributed by atoms with van der Waals surface area (Å²) in [4.78, 5) is 18.7. The number of anilines is 2. The lowest BCUT2D eigenvalue weighted by atomic mass is 10.2. The first-order valence-electron chi connectivity index (χ1n) is 8.81. The Morgan fingerprint density at radius 1 is 1.00 bits per heavy atom. The first-order chi connectivity index (χ1) is 12.5. The van der Waals surface area contributed by atoms with E-state index in [1.807, 2.05) is 60.3 Å². The van der Waals surface area contributed by atoms with Gasteiger partial charge in [0.1, 0.15) is 0 Å². The Morgan fingerprint density at radius 3 is 2.19 bits per heavy atom. The summed E-state index contributed by atoms with van der Waals surface area (Å²) >= 11 is 5.93. The first-order valence-corrected chi connectivity index (χ1v) is 9.19. The van der Waals surface area contributed by atoms with E-state index in [2.05, 4.69) is 22.3 Å². The molecular formula is C20H25ClN4O. The quantitative estimate of drug-likeness (QED) is 0.888. The smallest absolute Gasteiger partial charge is 0.321 e. The van der Waals surface area contributed by atoms with E-state index in [1.54, 1.807) is 0 Å². The summed E-state index contributed by atoms with van der Waals surface area (Å²) in [5.41, 5.74) is 3.18. The van der Waals surface area contributed by atoms with Gasteiger partial charge in [-0.05, 0) is 42.0 Å². The van der Waals surface area contributed by atoms with Gasteiger partial charge in [0.2, 0.25) is 0 Å². The summed E-state index contributed by atoms with van der Waals surface area (Å²) in [5.74, 6) is 0. The molecule has 6 heteroatoms. The van der Waals surface area contributed by atoms with Gasteiger partial charge in [0.25, 0.3) is 0 Å². The SMILES string of the molecule is CN(C)c1ccc(NC(=O)N2CCN(Cc3ccc(Cl)cc3)CC2)cc1. The van der Waals surface area contributed by atoms with Gasteiger partial charge < -0.3 is 15.1 Å². The Labute approximate surface area is 160 Å². The number of halogens is 1. The number of benzene rings is 2. The predicted octanol–water partition coefficient (Wildman–Crippen LogP) is 3.76. The van der Waals surface area contributed by atoms with Gasteiger partial charge in [0, 0.05) is 63.2 Å². The van der Waals surface area contributed by atoms with Crippen molar-refractivity contribution in [2.75, 3.05) is 50.5 Å². The lowest BCUT2D eigenvalue weighted by Gasteiger charge is -2.34. The summed E-state index contributed by atoms with van der Waals surface area (Å²) in [6, 6.07) is 15.8. The van der Waals surface area contributed by atoms with E-state index in [9.17, 15) is 4.79 Å². The third-order valence-electron chi connectivity index (χ3n) is 4.61. The van der Waals surface area contributed by atoms with E-state index in [4.69, 9.17) is 11.6 Å². The van der Waals surface area contributed by atoms with Crippen LogP contribution in [0.25, 0.3) is 0 Å². The topological polar surface area (TPSA) is 38.8 Å². The van der Waals surface area contributed by atoms with Crippen LogP contribution in [0.3, 0.4) is 0 Å². The second-order valence-corrected chi connectivity index (χ2v) is 7.20. The van der Waals surface area contributed by atoms with Crippen LogP contribution < -0.4 is 10.2 Å². The van der Waals surface area contributed by atoms with Crippen molar-refractivity contribution in [1.29, 1.82) is 0 Å². The number of piperazine rings is 1. The molecule has 26 heavy (non-hydrogen) atoms. The van der Waals surface area contributed by atoms with Crippen molar-refractivity contribution in [2.45, 2.75) is 6.54 Å². The molecule has 1 fully saturated rings. The Kier molecular flexibility index (Phi) is 6.01. The highest BCUT2D eigenvalue weighted by Gasteiger charge is 2.21. The van der Waals surface area contributed by atoms with Crippen LogP contribution in [0.2, 0.25) is 5.02 Å². The van der Waals surface area contributed by atoms with Crippen LogP contribution in [-0.4, -0.2) is 56.1 Å². The summed E-state index contributed by atoms with van der Waals surface area (Å²) in [6.07, 6.45) is 0. The van der Waals surface area contributed by atoms with E-state index >= 15 is 0 Å². The molecule has 0 saturated carbocycles. The highest BCUT2D eigenvalue weighted by Crippen LogP contribution is 2.17. The molecule has 0 aromatic heterocycles. The third-order valence-corrected chi connectivity index (χ3v) is 4.87. The van der Waals surface area contributed by atoms with Crippen molar-refractivity contribution in [1.82, 2.24) is 9.80 Å². The van der Waals surface area contributed by atoms with Crippen molar-refractivity contribution in [2.24, 2.45) is 0 Å². The van der Waals surface area contributed by atoms with Crippen LogP contribution in [0.4, 0.5) is 16.2 Å². The molecule has 3 rings (SSSR count). The number of carbonyl (C=O) groups is 1. The third kappa shape index (κ3) is 4.90. The van der Waals surface area contributed by atoms with Crippen LogP contribution in [0, 0.1) is 0 Å². The lowest BCUT2D eigenvalue weighted by Crippen LogP contribution is -2.49. The largest absolute Gasteiger partial charge is 0.378 e. The van der Waals surface area contributed by atoms with Gasteiger partial charge in [0.05, 0.1) is 0 Å². The van der Waals surface area contributed by atoms with Crippen LogP contribution in [0.1, 0.15) is 5.56 Å². The molecule has 1 heterocycles. The molecule has 0 radical (unpaired) electrons. The molecule has 0 atom stereocenters. The molecule has 0 bridgehead atoms. The molecule has 2 aromatic carbocycles. The second kappa shape index (κ2) is 8.43. The second-order valence-electron chi connectivity index (χ2n) is 6.76. The molecule has 138 valence electrons. The molecule has 1 aliphatic heterocycles. The number of carbonyl (C=O) groups excluding carboxylic acids is 1. The number of rotatable bonds is 4. The van der Waals surface area contributed by atoms with Crippen molar-refractivity contribution in [3.05, 3.63) is 59.1 Å². The van der Waals surface area contributed by atoms with Gasteiger partial charge in [-0.25, -0.2) is 4.79 Å². The Morgan fingerprint density at radius 2 is 1.62 bits per heavy atom. The zero-order valence-electron chi connectivity index (χ0n) is 15.3. The summed E-state index contributed by atoms with van der Waals surface area (Å²) in [6.45, 7) is 4.09. The van der Waals surface area contributed by atoms with E-state index in [0.717, 1.165) is 49.1 Å². The Balaban J connectivity index is 1.47. The zero-order valence-corrected chi connectivity index (χ0v) is 16.0. The van der Waals surface area contributed by atoms with Crippen LogP contribution in [0.15, 0.2) is 48.5 Å². The van der Waals surface area contributed by atoms with E-state index < -0.39 is 0 Å². The summed E-state index contributed by atoms with van der Waals surface area (Å²) in [7, 11) is 3.99. The van der Waals surface area contributed by atoms with E-state index in [0.29, 0.717) is 0 Å². The predicted molar refractivity (Wildman–Crippen MR) is 108 cm³/mol. The molecule has 1 saturated heterocycles. The molecule has 2 aromatic rings. The fourth-order valence-corrected chi connectivity index (χ4v) is 3.13. The molecule has 0 aliphatic carbocycles. The maximum absolute atomic E-state index is 12.5. The monoisotopic (exact) mass is 372 g/mol. The van der Waals surface area contributed by atoms with Crippen molar-refractivity contribution < 1.29 is 4.79 Å². The van der Waals surface area contributed by atoms with E-state index in [-0.39, 0.29) is 6.03 Å².